The molecule has 2 unspecified atom stereocenters. The molecule has 2 atom stereocenters. The fourth-order valence-electron chi connectivity index (χ4n) is 4.36. The van der Waals surface area contributed by atoms with E-state index >= 15 is 0 Å². The molecule has 0 spiro atoms. The molecular weight excluding hydrogens is 508 g/mol. The summed E-state index contributed by atoms with van der Waals surface area (Å²) in [4.78, 5) is 12.8. The molecule has 0 amide bonds. The zero-order valence-electron chi connectivity index (χ0n) is 23.0. The average Bonchev–Trinajstić information content (AvgIpc) is 2.95. The third-order valence-corrected chi connectivity index (χ3v) is 6.48. The van der Waals surface area contributed by atoms with E-state index < -0.39 is 18.0 Å². The maximum absolute atomic E-state index is 12.8. The van der Waals surface area contributed by atoms with Crippen molar-refractivity contribution in [3.8, 4) is 34.8 Å². The van der Waals surface area contributed by atoms with Gasteiger partial charge in [-0.3, -0.25) is 0 Å². The number of hydrogen-bond donors (Lipinski definition) is 1. The molecule has 206 valence electrons. The molecule has 0 saturated carbocycles. The van der Waals surface area contributed by atoms with Crippen LogP contribution < -0.4 is 29.4 Å². The summed E-state index contributed by atoms with van der Waals surface area (Å²) in [7, 11) is 1.54. The fraction of sp³-hybridized carbons (Fsp3) is 0.250. The Labute approximate surface area is 234 Å². The summed E-state index contributed by atoms with van der Waals surface area (Å²) in [5.74, 6) is 1.51. The number of benzene rings is 3. The molecule has 0 aromatic heterocycles. The number of nitrogens with two attached hydrogens (primary N) is 1. The van der Waals surface area contributed by atoms with Crippen LogP contribution in [-0.2, 0) is 4.79 Å². The maximum Gasteiger partial charge on any atom is 0.352 e. The van der Waals surface area contributed by atoms with E-state index in [0.717, 1.165) is 5.56 Å². The Morgan fingerprint density at radius 1 is 1.07 bits per heavy atom. The number of ether oxygens (including phenoxy) is 5. The first-order valence-electron chi connectivity index (χ1n) is 12.9. The van der Waals surface area contributed by atoms with Crippen molar-refractivity contribution in [3.05, 3.63) is 101 Å². The van der Waals surface area contributed by atoms with Crippen LogP contribution in [0.1, 0.15) is 49.3 Å². The molecule has 4 rings (SSSR count). The summed E-state index contributed by atoms with van der Waals surface area (Å²) >= 11 is 0. The number of rotatable bonds is 10. The van der Waals surface area contributed by atoms with Crippen LogP contribution in [0, 0.1) is 11.3 Å². The smallest absolute Gasteiger partial charge is 0.352 e. The van der Waals surface area contributed by atoms with Gasteiger partial charge in [0.25, 0.3) is 0 Å². The Bertz CT molecular complexity index is 1470. The molecule has 3 aromatic carbocycles. The average molecular weight is 541 g/mol. The molecule has 40 heavy (non-hydrogen) atoms. The number of nitriles is 1. The molecule has 0 radical (unpaired) electrons. The van der Waals surface area contributed by atoms with Gasteiger partial charge >= 0.3 is 5.97 Å². The van der Waals surface area contributed by atoms with E-state index in [9.17, 15) is 10.1 Å². The molecule has 2 N–H and O–H groups in total. The lowest BCUT2D eigenvalue weighted by molar-refractivity contribution is -0.141. The molecule has 0 aliphatic carbocycles. The number of methoxy groups -OCH3 is 1. The SMILES string of the molecule is C=CCOc1ccc(C2C(C#N)=C(N)Oc3cc(OC(=O)C(C)Oc4ccc(C(C)C)cc4)ccc32)cc1OC. The minimum atomic E-state index is -0.848. The van der Waals surface area contributed by atoms with Crippen molar-refractivity contribution in [2.75, 3.05) is 13.7 Å². The minimum Gasteiger partial charge on any atom is -0.493 e. The summed E-state index contributed by atoms with van der Waals surface area (Å²) < 4.78 is 28.3. The monoisotopic (exact) mass is 540 g/mol. The molecule has 1 aliphatic heterocycles. The van der Waals surface area contributed by atoms with Crippen molar-refractivity contribution in [1.82, 2.24) is 0 Å². The topological polar surface area (TPSA) is 113 Å². The largest absolute Gasteiger partial charge is 0.493 e. The summed E-state index contributed by atoms with van der Waals surface area (Å²) in [5, 5.41) is 9.90. The number of carbonyl (C=O) groups excluding carboxylic acids is 1. The standard InChI is InChI=1S/C32H32N2O6/c1-6-15-37-27-14-9-22(16-29(27)36-5)30-25-13-12-24(17-28(25)40-31(34)26(30)18-33)39-32(35)20(4)38-23-10-7-21(8-11-23)19(2)3/h6-14,16-17,19-20,30H,1,15,34H2,2-5H3. The van der Waals surface area contributed by atoms with Crippen molar-refractivity contribution >= 4 is 5.97 Å². The predicted octanol–water partition coefficient (Wildman–Crippen LogP) is 5.97. The zero-order chi connectivity index (χ0) is 28.8. The number of esters is 1. The summed E-state index contributed by atoms with van der Waals surface area (Å²) in [6, 6.07) is 20.2. The van der Waals surface area contributed by atoms with Gasteiger partial charge in [-0.2, -0.15) is 5.26 Å². The molecule has 1 heterocycles. The first-order chi connectivity index (χ1) is 19.2. The van der Waals surface area contributed by atoms with Crippen LogP contribution in [0.25, 0.3) is 0 Å². The Balaban J connectivity index is 1.56. The van der Waals surface area contributed by atoms with Crippen LogP contribution >= 0.6 is 0 Å². The van der Waals surface area contributed by atoms with Gasteiger partial charge in [0.15, 0.2) is 17.6 Å². The minimum absolute atomic E-state index is 0.0315. The summed E-state index contributed by atoms with van der Waals surface area (Å²) in [5.41, 5.74) is 9.02. The highest BCUT2D eigenvalue weighted by Crippen LogP contribution is 2.45. The maximum atomic E-state index is 12.8. The van der Waals surface area contributed by atoms with Crippen LogP contribution in [0.2, 0.25) is 0 Å². The van der Waals surface area contributed by atoms with Gasteiger partial charge in [-0.05, 0) is 54.3 Å². The van der Waals surface area contributed by atoms with Crippen LogP contribution in [0.4, 0.5) is 0 Å². The van der Waals surface area contributed by atoms with Crippen LogP contribution in [0.5, 0.6) is 28.7 Å². The second-order valence-electron chi connectivity index (χ2n) is 9.54. The molecular formula is C32H32N2O6. The van der Waals surface area contributed by atoms with Gasteiger partial charge in [-0.25, -0.2) is 4.79 Å². The second-order valence-corrected chi connectivity index (χ2v) is 9.54. The Kier molecular flexibility index (Phi) is 8.65. The van der Waals surface area contributed by atoms with Gasteiger partial charge in [0.2, 0.25) is 5.88 Å². The Hall–Kier alpha value is -4.90. The van der Waals surface area contributed by atoms with Crippen molar-refractivity contribution in [1.29, 1.82) is 5.26 Å². The van der Waals surface area contributed by atoms with Gasteiger partial charge in [-0.15, -0.1) is 0 Å². The molecule has 8 nitrogen and oxygen atoms in total. The zero-order valence-corrected chi connectivity index (χ0v) is 23.0. The second kappa shape index (κ2) is 12.3. The van der Waals surface area contributed by atoms with Crippen molar-refractivity contribution in [2.24, 2.45) is 5.73 Å². The van der Waals surface area contributed by atoms with E-state index in [2.05, 4.69) is 26.5 Å². The number of allylic oxidation sites excluding steroid dienone is 1. The molecule has 3 aromatic rings. The van der Waals surface area contributed by atoms with Crippen LogP contribution in [0.3, 0.4) is 0 Å². The third kappa shape index (κ3) is 6.05. The van der Waals surface area contributed by atoms with E-state index in [4.69, 9.17) is 29.4 Å². The first-order valence-corrected chi connectivity index (χ1v) is 12.9. The van der Waals surface area contributed by atoms with Crippen molar-refractivity contribution in [3.63, 3.8) is 0 Å². The Morgan fingerprint density at radius 2 is 1.80 bits per heavy atom. The van der Waals surface area contributed by atoms with Crippen LogP contribution in [0.15, 0.2) is 84.8 Å². The Morgan fingerprint density at radius 3 is 2.45 bits per heavy atom. The lowest BCUT2D eigenvalue weighted by atomic mass is 9.83. The first kappa shape index (κ1) is 28.1. The lowest BCUT2D eigenvalue weighted by Gasteiger charge is -2.27. The fourth-order valence-corrected chi connectivity index (χ4v) is 4.36. The van der Waals surface area contributed by atoms with E-state index in [0.29, 0.717) is 41.1 Å². The number of carbonyl (C=O) groups is 1. The summed E-state index contributed by atoms with van der Waals surface area (Å²) in [6.45, 7) is 9.83. The molecule has 0 saturated heterocycles. The van der Waals surface area contributed by atoms with Gasteiger partial charge in [0, 0.05) is 11.6 Å². The highest BCUT2D eigenvalue weighted by molar-refractivity contribution is 5.77. The van der Waals surface area contributed by atoms with E-state index in [-0.39, 0.29) is 17.2 Å². The van der Waals surface area contributed by atoms with Gasteiger partial charge in [-0.1, -0.05) is 50.8 Å². The third-order valence-electron chi connectivity index (χ3n) is 6.48. The number of hydrogen-bond acceptors (Lipinski definition) is 8. The molecule has 0 fully saturated rings. The normalized spacial score (nSPS) is 14.8. The van der Waals surface area contributed by atoms with Crippen LogP contribution in [-0.4, -0.2) is 25.8 Å². The highest BCUT2D eigenvalue weighted by atomic mass is 16.6. The molecule has 8 heteroatoms. The van der Waals surface area contributed by atoms with Gasteiger partial charge < -0.3 is 29.4 Å². The molecule has 0 bridgehead atoms. The van der Waals surface area contributed by atoms with E-state index in [1.54, 1.807) is 50.4 Å². The van der Waals surface area contributed by atoms with E-state index in [1.165, 1.54) is 5.56 Å². The summed E-state index contributed by atoms with van der Waals surface area (Å²) in [6.07, 6.45) is 0.791. The quantitative estimate of drug-likeness (QED) is 0.190. The van der Waals surface area contributed by atoms with Crippen molar-refractivity contribution in [2.45, 2.75) is 38.7 Å². The number of fused-ring (bicyclic) bond motifs is 1. The van der Waals surface area contributed by atoms with E-state index in [1.807, 2.05) is 30.3 Å². The lowest BCUT2D eigenvalue weighted by Crippen LogP contribution is -2.28. The van der Waals surface area contributed by atoms with Crippen molar-refractivity contribution < 1.29 is 28.5 Å². The predicted molar refractivity (Wildman–Crippen MR) is 151 cm³/mol. The number of nitrogens with zero attached hydrogens (tertiary/aromatic N) is 1. The van der Waals surface area contributed by atoms with Gasteiger partial charge in [0.1, 0.15) is 35.5 Å². The molecule has 1 aliphatic rings. The van der Waals surface area contributed by atoms with Gasteiger partial charge in [0.05, 0.1) is 13.0 Å². The highest BCUT2D eigenvalue weighted by Gasteiger charge is 2.32.